The molecule has 22 heavy (non-hydrogen) atoms. The third-order valence-electron chi connectivity index (χ3n) is 4.31. The number of benzene rings is 1. The van der Waals surface area contributed by atoms with Crippen molar-refractivity contribution < 1.29 is 14.5 Å². The molecule has 1 aromatic carbocycles. The fraction of sp³-hybridized carbons (Fsp3) is 0.375. The Morgan fingerprint density at radius 3 is 2.59 bits per heavy atom. The summed E-state index contributed by atoms with van der Waals surface area (Å²) in [6.07, 6.45) is 2.89. The van der Waals surface area contributed by atoms with Gasteiger partial charge in [-0.05, 0) is 18.1 Å². The maximum Gasteiger partial charge on any atom is 0.211 e. The highest BCUT2D eigenvalue weighted by Gasteiger charge is 2.40. The predicted molar refractivity (Wildman–Crippen MR) is 80.3 cm³/mol. The van der Waals surface area contributed by atoms with Crippen LogP contribution in [0, 0.1) is 16.0 Å². The number of fused-ring (bicyclic) bond motifs is 1. The van der Waals surface area contributed by atoms with E-state index in [-0.39, 0.29) is 11.6 Å². The lowest BCUT2D eigenvalue weighted by Gasteiger charge is -2.25. The summed E-state index contributed by atoms with van der Waals surface area (Å²) >= 11 is 0. The Hall–Kier alpha value is -2.50. The van der Waals surface area contributed by atoms with Crippen molar-refractivity contribution in [2.75, 3.05) is 6.54 Å². The van der Waals surface area contributed by atoms with Crippen LogP contribution < -0.4 is 0 Å². The summed E-state index contributed by atoms with van der Waals surface area (Å²) in [6.45, 7) is -0.413. The first-order chi connectivity index (χ1) is 10.6. The molecule has 1 aliphatic rings. The average molecular weight is 300 g/mol. The second-order valence-corrected chi connectivity index (χ2v) is 5.68. The highest BCUT2D eigenvalue weighted by Crippen LogP contribution is 2.35. The second-order valence-electron chi connectivity index (χ2n) is 5.68. The molecule has 1 aliphatic carbocycles. The van der Waals surface area contributed by atoms with Gasteiger partial charge in [0.25, 0.3) is 0 Å². The van der Waals surface area contributed by atoms with Crippen LogP contribution >= 0.6 is 0 Å². The Bertz CT molecular complexity index is 733. The number of para-hydroxylation sites is 1. The minimum absolute atomic E-state index is 0.173. The monoisotopic (exact) mass is 300 g/mol. The topological polar surface area (TPSA) is 93.1 Å². The lowest BCUT2D eigenvalue weighted by molar-refractivity contribution is -0.484. The molecule has 6 nitrogen and oxygen atoms in total. The molecule has 114 valence electrons. The third-order valence-corrected chi connectivity index (χ3v) is 4.31. The van der Waals surface area contributed by atoms with Crippen molar-refractivity contribution in [1.29, 1.82) is 0 Å². The molecule has 1 fully saturated rings. The molecule has 0 aliphatic heterocycles. The fourth-order valence-electron chi connectivity index (χ4n) is 3.32. The molecular formula is C16H16N2O4. The van der Waals surface area contributed by atoms with E-state index < -0.39 is 23.3 Å². The van der Waals surface area contributed by atoms with Crippen molar-refractivity contribution in [1.82, 2.24) is 4.98 Å². The lowest BCUT2D eigenvalue weighted by atomic mass is 9.75. The van der Waals surface area contributed by atoms with Gasteiger partial charge in [0.05, 0.1) is 11.8 Å². The normalized spacial score (nSPS) is 17.8. The van der Waals surface area contributed by atoms with Gasteiger partial charge in [0.2, 0.25) is 6.54 Å². The van der Waals surface area contributed by atoms with E-state index >= 15 is 0 Å². The molecule has 1 saturated carbocycles. The smallest absolute Gasteiger partial charge is 0.211 e. The Kier molecular flexibility index (Phi) is 3.75. The minimum Gasteiger partial charge on any atom is -0.361 e. The number of Topliss-reactive ketones (excluding diaryl/α,β-unsaturated/α-hetero) is 2. The van der Waals surface area contributed by atoms with E-state index in [1.54, 1.807) is 6.20 Å². The fourth-order valence-corrected chi connectivity index (χ4v) is 3.32. The van der Waals surface area contributed by atoms with Crippen LogP contribution in [0.5, 0.6) is 0 Å². The van der Waals surface area contributed by atoms with Gasteiger partial charge in [-0.3, -0.25) is 19.7 Å². The summed E-state index contributed by atoms with van der Waals surface area (Å²) < 4.78 is 0. The van der Waals surface area contributed by atoms with E-state index in [2.05, 4.69) is 4.98 Å². The number of ketones is 2. The number of rotatable bonds is 4. The minimum atomic E-state index is -0.890. The van der Waals surface area contributed by atoms with Crippen LogP contribution in [0.4, 0.5) is 0 Å². The van der Waals surface area contributed by atoms with Crippen LogP contribution in [-0.4, -0.2) is 28.0 Å². The number of hydrogen-bond donors (Lipinski definition) is 1. The molecule has 0 radical (unpaired) electrons. The van der Waals surface area contributed by atoms with Gasteiger partial charge in [-0.1, -0.05) is 18.2 Å². The molecule has 1 heterocycles. The van der Waals surface area contributed by atoms with Gasteiger partial charge in [0, 0.05) is 34.9 Å². The van der Waals surface area contributed by atoms with Crippen LogP contribution in [0.15, 0.2) is 30.5 Å². The van der Waals surface area contributed by atoms with E-state index in [9.17, 15) is 19.7 Å². The summed E-state index contributed by atoms with van der Waals surface area (Å²) in [5.41, 5.74) is 1.53. The first-order valence-corrected chi connectivity index (χ1v) is 7.31. The molecule has 1 N–H and O–H groups in total. The zero-order chi connectivity index (χ0) is 15.7. The van der Waals surface area contributed by atoms with Crippen LogP contribution in [-0.2, 0) is 9.59 Å². The van der Waals surface area contributed by atoms with E-state index in [0.717, 1.165) is 10.9 Å². The van der Waals surface area contributed by atoms with E-state index in [1.807, 2.05) is 24.3 Å². The summed E-state index contributed by atoms with van der Waals surface area (Å²) in [5.74, 6) is -1.94. The number of nitrogens with zero attached hydrogens (tertiary/aromatic N) is 1. The molecule has 6 heteroatoms. The first kappa shape index (κ1) is 14.4. The van der Waals surface area contributed by atoms with Crippen LogP contribution in [0.3, 0.4) is 0 Å². The van der Waals surface area contributed by atoms with E-state index in [1.165, 1.54) is 0 Å². The van der Waals surface area contributed by atoms with Gasteiger partial charge in [-0.2, -0.15) is 0 Å². The third kappa shape index (κ3) is 2.52. The molecular weight excluding hydrogens is 284 g/mol. The van der Waals surface area contributed by atoms with Crippen LogP contribution in [0.2, 0.25) is 0 Å². The van der Waals surface area contributed by atoms with Crippen molar-refractivity contribution >= 4 is 22.5 Å². The summed E-state index contributed by atoms with van der Waals surface area (Å²) in [4.78, 5) is 38.1. The number of aromatic nitrogens is 1. The number of aromatic amines is 1. The SMILES string of the molecule is O=C1CCCC(=O)C1[C@H](C[N+](=O)[O-])c1c[nH]c2ccccc12. The van der Waals surface area contributed by atoms with Crippen LogP contribution in [0.1, 0.15) is 30.7 Å². The standard InChI is InChI=1S/C16H16N2O4/c19-14-6-3-7-15(20)16(14)12(9-18(21)22)11-8-17-13-5-2-1-4-10(11)13/h1-2,4-5,8,12,16-17H,3,6-7,9H2/t12-/m1/s1. The number of carbonyl (C=O) groups excluding carboxylic acids is 2. The lowest BCUT2D eigenvalue weighted by Crippen LogP contribution is -2.36. The Morgan fingerprint density at radius 1 is 1.23 bits per heavy atom. The maximum atomic E-state index is 12.2. The number of nitrogens with one attached hydrogen (secondary N) is 1. The molecule has 0 bridgehead atoms. The van der Waals surface area contributed by atoms with Gasteiger partial charge in [-0.25, -0.2) is 0 Å². The Balaban J connectivity index is 2.08. The van der Waals surface area contributed by atoms with Gasteiger partial charge >= 0.3 is 0 Å². The molecule has 0 saturated heterocycles. The molecule has 3 rings (SSSR count). The van der Waals surface area contributed by atoms with Crippen molar-refractivity contribution in [2.45, 2.75) is 25.2 Å². The van der Waals surface area contributed by atoms with Crippen molar-refractivity contribution in [3.05, 3.63) is 46.1 Å². The quantitative estimate of drug-likeness (QED) is 0.533. The van der Waals surface area contributed by atoms with E-state index in [4.69, 9.17) is 0 Å². The average Bonchev–Trinajstić information content (AvgIpc) is 2.89. The first-order valence-electron chi connectivity index (χ1n) is 7.31. The zero-order valence-corrected chi connectivity index (χ0v) is 12.0. The zero-order valence-electron chi connectivity index (χ0n) is 12.0. The number of H-pyrrole nitrogens is 1. The molecule has 0 spiro atoms. The summed E-state index contributed by atoms with van der Waals surface area (Å²) in [6, 6.07) is 7.42. The number of carbonyl (C=O) groups is 2. The highest BCUT2D eigenvalue weighted by atomic mass is 16.6. The van der Waals surface area contributed by atoms with Gasteiger partial charge < -0.3 is 4.98 Å². The van der Waals surface area contributed by atoms with E-state index in [0.29, 0.717) is 24.8 Å². The number of hydrogen-bond acceptors (Lipinski definition) is 4. The Morgan fingerprint density at radius 2 is 1.91 bits per heavy atom. The molecule has 0 amide bonds. The number of nitro groups is 1. The van der Waals surface area contributed by atoms with Crippen LogP contribution in [0.25, 0.3) is 10.9 Å². The molecule has 2 aromatic rings. The van der Waals surface area contributed by atoms with Gasteiger partial charge in [0.15, 0.2) is 0 Å². The highest BCUT2D eigenvalue weighted by molar-refractivity contribution is 6.05. The summed E-state index contributed by atoms with van der Waals surface area (Å²) in [5, 5.41) is 11.9. The van der Waals surface area contributed by atoms with Crippen molar-refractivity contribution in [3.63, 3.8) is 0 Å². The second kappa shape index (κ2) is 5.71. The maximum absolute atomic E-state index is 12.2. The van der Waals surface area contributed by atoms with Crippen molar-refractivity contribution in [3.8, 4) is 0 Å². The van der Waals surface area contributed by atoms with Gasteiger partial charge in [0.1, 0.15) is 11.6 Å². The summed E-state index contributed by atoms with van der Waals surface area (Å²) in [7, 11) is 0. The van der Waals surface area contributed by atoms with Crippen molar-refractivity contribution in [2.24, 2.45) is 5.92 Å². The largest absolute Gasteiger partial charge is 0.361 e. The predicted octanol–water partition coefficient (Wildman–Crippen LogP) is 2.47. The molecule has 1 aromatic heterocycles. The molecule has 1 atom stereocenters. The Labute approximate surface area is 126 Å². The molecule has 0 unspecified atom stereocenters. The van der Waals surface area contributed by atoms with Gasteiger partial charge in [-0.15, -0.1) is 0 Å².